The number of quaternary nitrogens is 1. The largest absolute Gasteiger partial charge is 0.333 e. The van der Waals surface area contributed by atoms with E-state index in [0.717, 1.165) is 25.7 Å². The van der Waals surface area contributed by atoms with Gasteiger partial charge >= 0.3 is 0 Å². The average Bonchev–Trinajstić information content (AvgIpc) is 2.41. The second-order valence-electron chi connectivity index (χ2n) is 4.58. The van der Waals surface area contributed by atoms with Gasteiger partial charge in [-0.1, -0.05) is 11.6 Å². The van der Waals surface area contributed by atoms with Crippen molar-refractivity contribution in [3.63, 3.8) is 0 Å². The van der Waals surface area contributed by atoms with Crippen molar-refractivity contribution in [2.45, 2.75) is 11.8 Å². The lowest BCUT2D eigenvalue weighted by molar-refractivity contribution is -0.901. The van der Waals surface area contributed by atoms with Gasteiger partial charge < -0.3 is 4.90 Å². The van der Waals surface area contributed by atoms with Gasteiger partial charge in [0, 0.05) is 0 Å². The normalized spacial score (nSPS) is 18.7. The average molecular weight is 308 g/mol. The molecule has 1 saturated heterocycles. The molecule has 1 N–H and O–H groups in total. The molecule has 1 aliphatic heterocycles. The van der Waals surface area contributed by atoms with Crippen molar-refractivity contribution in [2.24, 2.45) is 0 Å². The molecule has 0 unspecified atom stereocenters. The number of halogens is 2. The summed E-state index contributed by atoms with van der Waals surface area (Å²) < 4.78 is 39.3. The highest BCUT2D eigenvalue weighted by Gasteiger charge is 2.30. The third-order valence-electron chi connectivity index (χ3n) is 3.46. The van der Waals surface area contributed by atoms with E-state index < -0.39 is 15.8 Å². The zero-order valence-corrected chi connectivity index (χ0v) is 12.3. The first-order valence-electron chi connectivity index (χ1n) is 6.24. The van der Waals surface area contributed by atoms with Crippen molar-refractivity contribution in [3.05, 3.63) is 29.0 Å². The molecular weight excluding hydrogens is 291 g/mol. The first-order chi connectivity index (χ1) is 8.95. The van der Waals surface area contributed by atoms with Crippen LogP contribution in [0.5, 0.6) is 0 Å². The number of hydrogen-bond donors (Lipinski definition) is 1. The Kier molecular flexibility index (Phi) is 4.45. The predicted octanol–water partition coefficient (Wildman–Crippen LogP) is 0.388. The lowest BCUT2D eigenvalue weighted by Gasteiger charge is -2.30. The molecule has 1 fully saturated rings. The predicted molar refractivity (Wildman–Crippen MR) is 71.4 cm³/mol. The molecule has 0 amide bonds. The summed E-state index contributed by atoms with van der Waals surface area (Å²) in [6.45, 7) is 5.64. The Morgan fingerprint density at radius 2 is 2.00 bits per heavy atom. The lowest BCUT2D eigenvalue weighted by atomic mass is 10.3. The highest BCUT2D eigenvalue weighted by molar-refractivity contribution is 7.89. The Hall–Kier alpha value is -0.690. The van der Waals surface area contributed by atoms with Gasteiger partial charge in [-0.25, -0.2) is 12.8 Å². The number of benzene rings is 1. The molecule has 1 aromatic rings. The van der Waals surface area contributed by atoms with Gasteiger partial charge in [0.25, 0.3) is 0 Å². The van der Waals surface area contributed by atoms with E-state index >= 15 is 0 Å². The number of sulfonamides is 1. The minimum absolute atomic E-state index is 0.0545. The third-order valence-corrected chi connectivity index (χ3v) is 5.64. The second kappa shape index (κ2) is 5.75. The fourth-order valence-electron chi connectivity index (χ4n) is 2.18. The van der Waals surface area contributed by atoms with Gasteiger partial charge in [-0.05, 0) is 25.1 Å². The molecule has 19 heavy (non-hydrogen) atoms. The van der Waals surface area contributed by atoms with Crippen LogP contribution in [0.1, 0.15) is 6.92 Å². The molecule has 0 saturated carbocycles. The maximum Gasteiger partial charge on any atom is 0.243 e. The van der Waals surface area contributed by atoms with Crippen LogP contribution in [0.15, 0.2) is 23.1 Å². The second-order valence-corrected chi connectivity index (χ2v) is 6.93. The molecule has 0 aliphatic carbocycles. The Balaban J connectivity index is 2.21. The molecule has 0 bridgehead atoms. The molecular formula is C12H17ClFN2O2S+. The van der Waals surface area contributed by atoms with Gasteiger partial charge in [-0.3, -0.25) is 0 Å². The molecule has 1 heterocycles. The van der Waals surface area contributed by atoms with E-state index in [1.54, 1.807) is 0 Å². The Morgan fingerprint density at radius 1 is 1.37 bits per heavy atom. The van der Waals surface area contributed by atoms with Crippen molar-refractivity contribution in [1.29, 1.82) is 0 Å². The summed E-state index contributed by atoms with van der Waals surface area (Å²) in [4.78, 5) is 1.45. The highest BCUT2D eigenvalue weighted by Crippen LogP contribution is 2.22. The monoisotopic (exact) mass is 307 g/mol. The van der Waals surface area contributed by atoms with E-state index in [1.165, 1.54) is 21.3 Å². The topological polar surface area (TPSA) is 41.8 Å². The van der Waals surface area contributed by atoms with Gasteiger partial charge in [0.05, 0.1) is 42.6 Å². The summed E-state index contributed by atoms with van der Waals surface area (Å²) in [5, 5.41) is -0.168. The SMILES string of the molecule is CC[NH+]1CCN(S(=O)(=O)c2ccc(F)c(Cl)c2)CC1. The number of nitrogens with zero attached hydrogens (tertiary/aromatic N) is 1. The number of rotatable bonds is 3. The molecule has 2 rings (SSSR count). The fraction of sp³-hybridized carbons (Fsp3) is 0.500. The van der Waals surface area contributed by atoms with Gasteiger partial charge in [-0.15, -0.1) is 0 Å². The van der Waals surface area contributed by atoms with Crippen molar-refractivity contribution >= 4 is 21.6 Å². The molecule has 7 heteroatoms. The van der Waals surface area contributed by atoms with Gasteiger partial charge in [-0.2, -0.15) is 4.31 Å². The van der Waals surface area contributed by atoms with Crippen molar-refractivity contribution in [3.8, 4) is 0 Å². The fourth-order valence-corrected chi connectivity index (χ4v) is 3.90. The third kappa shape index (κ3) is 3.08. The molecule has 0 aromatic heterocycles. The van der Waals surface area contributed by atoms with Crippen molar-refractivity contribution < 1.29 is 17.7 Å². The molecule has 106 valence electrons. The molecule has 0 spiro atoms. The number of nitrogens with one attached hydrogen (secondary N) is 1. The van der Waals surface area contributed by atoms with Gasteiger partial charge in [0.15, 0.2) is 0 Å². The first-order valence-corrected chi connectivity index (χ1v) is 8.05. The van der Waals surface area contributed by atoms with Gasteiger partial charge in [0.1, 0.15) is 5.82 Å². The molecule has 0 atom stereocenters. The van der Waals surface area contributed by atoms with E-state index in [2.05, 4.69) is 6.92 Å². The van der Waals surface area contributed by atoms with Crippen LogP contribution in [0, 0.1) is 5.82 Å². The van der Waals surface area contributed by atoms with Gasteiger partial charge in [0.2, 0.25) is 10.0 Å². The Morgan fingerprint density at radius 3 is 2.53 bits per heavy atom. The summed E-state index contributed by atoms with van der Waals surface area (Å²) in [7, 11) is -3.56. The number of hydrogen-bond acceptors (Lipinski definition) is 2. The van der Waals surface area contributed by atoms with Crippen molar-refractivity contribution in [1.82, 2.24) is 4.31 Å². The van der Waals surface area contributed by atoms with Crippen LogP contribution in [-0.4, -0.2) is 45.4 Å². The Bertz CT molecular complexity index is 557. The number of likely N-dealkylation sites (N-methyl/N-ethyl adjacent to an activating group) is 1. The number of piperazine rings is 1. The lowest BCUT2D eigenvalue weighted by Crippen LogP contribution is -3.14. The first kappa shape index (κ1) is 14.7. The highest BCUT2D eigenvalue weighted by atomic mass is 35.5. The standard InChI is InChI=1S/C12H16ClFN2O2S/c1-2-15-5-7-16(8-6-15)19(17,18)10-3-4-12(14)11(13)9-10/h3-4,9H,2,5-8H2,1H3/p+1. The quantitative estimate of drug-likeness (QED) is 0.878. The van der Waals surface area contributed by atoms with Crippen LogP contribution < -0.4 is 4.90 Å². The van der Waals surface area contributed by atoms with Crippen LogP contribution in [0.3, 0.4) is 0 Å². The minimum Gasteiger partial charge on any atom is -0.333 e. The van der Waals surface area contributed by atoms with E-state index in [1.807, 2.05) is 0 Å². The van der Waals surface area contributed by atoms with Crippen LogP contribution in [0.4, 0.5) is 4.39 Å². The van der Waals surface area contributed by atoms with E-state index in [-0.39, 0.29) is 9.92 Å². The summed E-state index contributed by atoms with van der Waals surface area (Å²) >= 11 is 5.64. The van der Waals surface area contributed by atoms with Crippen molar-refractivity contribution in [2.75, 3.05) is 32.7 Å². The van der Waals surface area contributed by atoms with Crippen LogP contribution in [-0.2, 0) is 10.0 Å². The van der Waals surface area contributed by atoms with E-state index in [9.17, 15) is 12.8 Å². The van der Waals surface area contributed by atoms with Crippen LogP contribution in [0.2, 0.25) is 5.02 Å². The molecule has 1 aliphatic rings. The maximum absolute atomic E-state index is 13.1. The van der Waals surface area contributed by atoms with E-state index in [0.29, 0.717) is 13.1 Å². The molecule has 0 radical (unpaired) electrons. The zero-order chi connectivity index (χ0) is 14.0. The molecule has 1 aromatic carbocycles. The minimum atomic E-state index is -3.56. The van der Waals surface area contributed by atoms with Crippen LogP contribution >= 0.6 is 11.6 Å². The summed E-state index contributed by atoms with van der Waals surface area (Å²) in [6, 6.07) is 3.52. The van der Waals surface area contributed by atoms with Crippen LogP contribution in [0.25, 0.3) is 0 Å². The Labute approximate surface area is 117 Å². The zero-order valence-electron chi connectivity index (χ0n) is 10.7. The van der Waals surface area contributed by atoms with E-state index in [4.69, 9.17) is 11.6 Å². The summed E-state index contributed by atoms with van der Waals surface area (Å²) in [5.74, 6) is -0.610. The molecule has 4 nitrogen and oxygen atoms in total. The summed E-state index contributed by atoms with van der Waals surface area (Å²) in [5.41, 5.74) is 0. The summed E-state index contributed by atoms with van der Waals surface area (Å²) in [6.07, 6.45) is 0. The smallest absolute Gasteiger partial charge is 0.243 e. The maximum atomic E-state index is 13.1.